The smallest absolute Gasteiger partial charge is 0.234 e. The van der Waals surface area contributed by atoms with Gasteiger partial charge in [-0.25, -0.2) is 0 Å². The first-order chi connectivity index (χ1) is 7.00. The maximum Gasteiger partial charge on any atom is 0.234 e. The van der Waals surface area contributed by atoms with Gasteiger partial charge in [0.25, 0.3) is 0 Å². The van der Waals surface area contributed by atoms with Crippen LogP contribution in [0.25, 0.3) is 0 Å². The Morgan fingerprint density at radius 2 is 2.00 bits per heavy atom. The molecule has 1 atom stereocenters. The van der Waals surface area contributed by atoms with Gasteiger partial charge in [0.2, 0.25) is 5.91 Å². The summed E-state index contributed by atoms with van der Waals surface area (Å²) in [5.41, 5.74) is 6.39. The minimum Gasteiger partial charge on any atom is -0.368 e. The first-order valence-corrected chi connectivity index (χ1v) is 5.54. The number of benzene rings is 1. The molecule has 0 aliphatic heterocycles. The molecule has 0 radical (unpaired) electrons. The molecule has 2 N–H and O–H groups in total. The fourth-order valence-corrected chi connectivity index (χ4v) is 1.50. The van der Waals surface area contributed by atoms with Gasteiger partial charge in [-0.05, 0) is 31.7 Å². The quantitative estimate of drug-likeness (QED) is 0.906. The van der Waals surface area contributed by atoms with Crippen LogP contribution in [0, 0.1) is 0 Å². The topological polar surface area (TPSA) is 46.3 Å². The van der Waals surface area contributed by atoms with Gasteiger partial charge in [-0.1, -0.05) is 28.1 Å². The molecule has 3 nitrogen and oxygen atoms in total. The van der Waals surface area contributed by atoms with Crippen molar-refractivity contribution in [1.29, 1.82) is 0 Å². The van der Waals surface area contributed by atoms with Gasteiger partial charge in [-0.3, -0.25) is 9.69 Å². The van der Waals surface area contributed by atoms with Crippen LogP contribution in [-0.4, -0.2) is 23.9 Å². The maximum absolute atomic E-state index is 11.0. The zero-order chi connectivity index (χ0) is 11.4. The molecular weight excluding hydrogens is 256 g/mol. The minimum atomic E-state index is -0.297. The highest BCUT2D eigenvalue weighted by molar-refractivity contribution is 9.10. The fourth-order valence-electron chi connectivity index (χ4n) is 1.23. The first kappa shape index (κ1) is 12.2. The molecule has 1 aromatic carbocycles. The molecule has 0 spiro atoms. The number of amides is 1. The van der Waals surface area contributed by atoms with Crippen molar-refractivity contribution >= 4 is 21.8 Å². The Balaban J connectivity index is 2.62. The average molecular weight is 271 g/mol. The number of halogens is 1. The van der Waals surface area contributed by atoms with Crippen molar-refractivity contribution in [1.82, 2.24) is 4.90 Å². The van der Waals surface area contributed by atoms with E-state index in [1.807, 2.05) is 36.2 Å². The van der Waals surface area contributed by atoms with Crippen molar-refractivity contribution < 1.29 is 4.79 Å². The second-order valence-corrected chi connectivity index (χ2v) is 4.54. The molecule has 1 amide bonds. The summed E-state index contributed by atoms with van der Waals surface area (Å²) in [5.74, 6) is -0.297. The molecule has 15 heavy (non-hydrogen) atoms. The second kappa shape index (κ2) is 5.28. The van der Waals surface area contributed by atoms with E-state index < -0.39 is 0 Å². The SMILES string of the molecule is C[C@H](C(N)=O)N(C)Cc1ccc(Br)cc1. The maximum atomic E-state index is 11.0. The summed E-state index contributed by atoms with van der Waals surface area (Å²) in [6.45, 7) is 2.53. The van der Waals surface area contributed by atoms with Crippen molar-refractivity contribution in [3.63, 3.8) is 0 Å². The van der Waals surface area contributed by atoms with E-state index in [1.165, 1.54) is 0 Å². The first-order valence-electron chi connectivity index (χ1n) is 4.74. The number of primary amides is 1. The molecule has 1 aromatic rings. The number of hydrogen-bond acceptors (Lipinski definition) is 2. The van der Waals surface area contributed by atoms with Crippen molar-refractivity contribution in [3.05, 3.63) is 34.3 Å². The highest BCUT2D eigenvalue weighted by Crippen LogP contribution is 2.12. The van der Waals surface area contributed by atoms with Gasteiger partial charge >= 0.3 is 0 Å². The summed E-state index contributed by atoms with van der Waals surface area (Å²) in [4.78, 5) is 12.9. The van der Waals surface area contributed by atoms with E-state index in [0.29, 0.717) is 0 Å². The Bertz CT molecular complexity index is 337. The minimum absolute atomic E-state index is 0.242. The van der Waals surface area contributed by atoms with Crippen molar-refractivity contribution in [2.45, 2.75) is 19.5 Å². The van der Waals surface area contributed by atoms with E-state index >= 15 is 0 Å². The van der Waals surface area contributed by atoms with Crippen LogP contribution < -0.4 is 5.73 Å². The number of nitrogens with zero attached hydrogens (tertiary/aromatic N) is 1. The molecule has 4 heteroatoms. The van der Waals surface area contributed by atoms with E-state index in [0.717, 1.165) is 16.6 Å². The fraction of sp³-hybridized carbons (Fsp3) is 0.364. The number of likely N-dealkylation sites (N-methyl/N-ethyl adjacent to an activating group) is 1. The van der Waals surface area contributed by atoms with Gasteiger partial charge in [0, 0.05) is 11.0 Å². The molecule has 0 unspecified atom stereocenters. The Morgan fingerprint density at radius 3 is 2.47 bits per heavy atom. The highest BCUT2D eigenvalue weighted by Gasteiger charge is 2.14. The molecule has 82 valence electrons. The third-order valence-corrected chi connectivity index (χ3v) is 2.95. The molecule has 0 fully saturated rings. The van der Waals surface area contributed by atoms with Crippen LogP contribution in [0.5, 0.6) is 0 Å². The summed E-state index contributed by atoms with van der Waals surface area (Å²) < 4.78 is 1.05. The molecule has 0 aromatic heterocycles. The van der Waals surface area contributed by atoms with Gasteiger partial charge in [-0.2, -0.15) is 0 Å². The normalized spacial score (nSPS) is 12.8. The summed E-state index contributed by atoms with van der Waals surface area (Å²) >= 11 is 3.38. The van der Waals surface area contributed by atoms with Crippen LogP contribution in [0.4, 0.5) is 0 Å². The zero-order valence-electron chi connectivity index (χ0n) is 8.90. The monoisotopic (exact) mass is 270 g/mol. The predicted octanol–water partition coefficient (Wildman–Crippen LogP) is 1.75. The lowest BCUT2D eigenvalue weighted by Gasteiger charge is -2.21. The molecule has 0 heterocycles. The van der Waals surface area contributed by atoms with Crippen LogP contribution in [0.15, 0.2) is 28.7 Å². The molecule has 0 saturated heterocycles. The summed E-state index contributed by atoms with van der Waals surface area (Å²) in [7, 11) is 1.89. The predicted molar refractivity (Wildman–Crippen MR) is 64.3 cm³/mol. The van der Waals surface area contributed by atoms with Crippen molar-refractivity contribution in [3.8, 4) is 0 Å². The van der Waals surface area contributed by atoms with Crippen LogP contribution >= 0.6 is 15.9 Å². The standard InChI is InChI=1S/C11H15BrN2O/c1-8(11(13)15)14(2)7-9-3-5-10(12)6-4-9/h3-6,8H,7H2,1-2H3,(H2,13,15)/t8-/m1/s1. The van der Waals surface area contributed by atoms with Gasteiger partial charge in [-0.15, -0.1) is 0 Å². The number of carbonyl (C=O) groups is 1. The molecule has 0 saturated carbocycles. The van der Waals surface area contributed by atoms with Gasteiger partial charge in [0.1, 0.15) is 0 Å². The Morgan fingerprint density at radius 1 is 1.47 bits per heavy atom. The molecule has 0 bridgehead atoms. The Kier molecular flexibility index (Phi) is 4.29. The van der Waals surface area contributed by atoms with Crippen LogP contribution in [-0.2, 0) is 11.3 Å². The van der Waals surface area contributed by atoms with E-state index in [2.05, 4.69) is 15.9 Å². The third-order valence-electron chi connectivity index (χ3n) is 2.42. The van der Waals surface area contributed by atoms with Crippen LogP contribution in [0.3, 0.4) is 0 Å². The Labute approximate surface area is 98.4 Å². The Hall–Kier alpha value is -0.870. The van der Waals surface area contributed by atoms with E-state index in [1.54, 1.807) is 6.92 Å². The second-order valence-electron chi connectivity index (χ2n) is 3.62. The van der Waals surface area contributed by atoms with E-state index in [4.69, 9.17) is 5.73 Å². The molecule has 0 aliphatic rings. The number of carbonyl (C=O) groups excluding carboxylic acids is 1. The van der Waals surface area contributed by atoms with Gasteiger partial charge in [0.15, 0.2) is 0 Å². The van der Waals surface area contributed by atoms with Crippen LogP contribution in [0.1, 0.15) is 12.5 Å². The van der Waals surface area contributed by atoms with Gasteiger partial charge in [0.05, 0.1) is 6.04 Å². The number of hydrogen-bond donors (Lipinski definition) is 1. The highest BCUT2D eigenvalue weighted by atomic mass is 79.9. The van der Waals surface area contributed by atoms with E-state index in [9.17, 15) is 4.79 Å². The lowest BCUT2D eigenvalue weighted by atomic mass is 10.2. The third kappa shape index (κ3) is 3.64. The lowest BCUT2D eigenvalue weighted by molar-refractivity contribution is -0.122. The lowest BCUT2D eigenvalue weighted by Crippen LogP contribution is -2.39. The van der Waals surface area contributed by atoms with E-state index in [-0.39, 0.29) is 11.9 Å². The largest absolute Gasteiger partial charge is 0.368 e. The van der Waals surface area contributed by atoms with Crippen molar-refractivity contribution in [2.24, 2.45) is 5.73 Å². The van der Waals surface area contributed by atoms with Gasteiger partial charge < -0.3 is 5.73 Å². The van der Waals surface area contributed by atoms with Crippen LogP contribution in [0.2, 0.25) is 0 Å². The summed E-state index contributed by atoms with van der Waals surface area (Å²) in [5, 5.41) is 0. The molecule has 0 aliphatic carbocycles. The van der Waals surface area contributed by atoms with Crippen molar-refractivity contribution in [2.75, 3.05) is 7.05 Å². The average Bonchev–Trinajstić information content (AvgIpc) is 2.20. The zero-order valence-corrected chi connectivity index (χ0v) is 10.5. The number of rotatable bonds is 4. The molecular formula is C11H15BrN2O. The molecule has 1 rings (SSSR count). The summed E-state index contributed by atoms with van der Waals surface area (Å²) in [6, 6.07) is 7.77. The number of nitrogens with two attached hydrogens (primary N) is 1. The summed E-state index contributed by atoms with van der Waals surface area (Å²) in [6.07, 6.45) is 0.